The lowest BCUT2D eigenvalue weighted by atomic mass is 9.81. The zero-order valence-corrected chi connectivity index (χ0v) is 17.9. The molecule has 0 radical (unpaired) electrons. The summed E-state index contributed by atoms with van der Waals surface area (Å²) in [6.45, 7) is 5.40. The Morgan fingerprint density at radius 2 is 1.83 bits per heavy atom. The number of ether oxygens (including phenoxy) is 1. The van der Waals surface area contributed by atoms with Crippen molar-refractivity contribution in [2.75, 3.05) is 5.32 Å². The number of carbonyl (C=O) groups is 2. The highest BCUT2D eigenvalue weighted by molar-refractivity contribution is 9.10. The summed E-state index contributed by atoms with van der Waals surface area (Å²) in [5.41, 5.74) is 2.57. The van der Waals surface area contributed by atoms with Crippen LogP contribution in [0.25, 0.3) is 0 Å². The first kappa shape index (κ1) is 22.4. The predicted octanol–water partition coefficient (Wildman–Crippen LogP) is 4.84. The molecule has 7 nitrogen and oxygen atoms in total. The molecule has 0 bridgehead atoms. The van der Waals surface area contributed by atoms with Crippen LogP contribution in [0.2, 0.25) is 0 Å². The molecular weight excluding hydrogens is 440 g/mol. The van der Waals surface area contributed by atoms with Crippen LogP contribution >= 0.6 is 15.9 Å². The number of aromatic hydroxyl groups is 1. The van der Waals surface area contributed by atoms with Gasteiger partial charge >= 0.3 is 6.09 Å². The molecule has 0 heterocycles. The number of anilines is 1. The number of nitrogens with one attached hydrogen (secondary N) is 2. The maximum absolute atomic E-state index is 12.5. The van der Waals surface area contributed by atoms with Gasteiger partial charge in [0, 0.05) is 27.2 Å². The minimum Gasteiger partial charge on any atom is -0.508 e. The van der Waals surface area contributed by atoms with Gasteiger partial charge in [0.1, 0.15) is 11.9 Å². The van der Waals surface area contributed by atoms with Crippen LogP contribution in [-0.2, 0) is 9.53 Å². The number of amides is 2. The van der Waals surface area contributed by atoms with E-state index in [1.807, 2.05) is 19.1 Å². The highest BCUT2D eigenvalue weighted by Gasteiger charge is 2.34. The van der Waals surface area contributed by atoms with E-state index in [0.717, 1.165) is 11.6 Å². The smallest absolute Gasteiger partial charge is 0.412 e. The van der Waals surface area contributed by atoms with E-state index >= 15 is 0 Å². The van der Waals surface area contributed by atoms with Crippen molar-refractivity contribution in [3.63, 3.8) is 0 Å². The molecular formula is C21H23BrN2O5. The van der Waals surface area contributed by atoms with Crippen LogP contribution in [0.15, 0.2) is 59.1 Å². The van der Waals surface area contributed by atoms with E-state index in [4.69, 9.17) is 9.94 Å². The molecule has 0 aliphatic rings. The van der Waals surface area contributed by atoms with Gasteiger partial charge in [0.25, 0.3) is 5.91 Å². The van der Waals surface area contributed by atoms with E-state index in [9.17, 15) is 14.7 Å². The van der Waals surface area contributed by atoms with E-state index in [-0.39, 0.29) is 5.75 Å². The van der Waals surface area contributed by atoms with E-state index in [1.165, 1.54) is 17.6 Å². The Balaban J connectivity index is 2.34. The summed E-state index contributed by atoms with van der Waals surface area (Å²) in [7, 11) is 0. The molecule has 0 unspecified atom stereocenters. The first-order chi connectivity index (χ1) is 13.6. The standard InChI is InChI=1S/C21H23BrN2O5/c1-13-4-7-15(8-5-13)23-20(27)29-19(16-12-14(22)6-9-17(16)25)21(2,3)11-10-18(26)24-28/h4-12,19,25,28H,1-3H3,(H,23,27)(H,24,26)/b11-10+/t19-/m0/s1. The molecule has 2 rings (SSSR count). The Labute approximate surface area is 177 Å². The molecule has 1 atom stereocenters. The Bertz CT molecular complexity index is 910. The zero-order chi connectivity index (χ0) is 21.6. The topological polar surface area (TPSA) is 108 Å². The van der Waals surface area contributed by atoms with E-state index in [1.54, 1.807) is 38.1 Å². The zero-order valence-electron chi connectivity index (χ0n) is 16.3. The SMILES string of the molecule is Cc1ccc(NC(=O)O[C@@H](c2cc(Br)ccc2O)C(C)(C)/C=C/C(=O)NO)cc1. The number of aryl methyl sites for hydroxylation is 1. The second-order valence-corrected chi connectivity index (χ2v) is 8.03. The lowest BCUT2D eigenvalue weighted by Gasteiger charge is -2.32. The Kier molecular flexibility index (Phi) is 7.41. The summed E-state index contributed by atoms with van der Waals surface area (Å²) in [5.74, 6) is -0.784. The van der Waals surface area contributed by atoms with Crippen LogP contribution < -0.4 is 10.8 Å². The second kappa shape index (κ2) is 9.58. The summed E-state index contributed by atoms with van der Waals surface area (Å²) in [4.78, 5) is 24.0. The molecule has 8 heteroatoms. The van der Waals surface area contributed by atoms with Crippen molar-refractivity contribution < 1.29 is 24.6 Å². The summed E-state index contributed by atoms with van der Waals surface area (Å²) >= 11 is 3.35. The molecule has 4 N–H and O–H groups in total. The van der Waals surface area contributed by atoms with E-state index in [2.05, 4.69) is 21.2 Å². The third kappa shape index (κ3) is 6.33. The fourth-order valence-electron chi connectivity index (χ4n) is 2.66. The van der Waals surface area contributed by atoms with Gasteiger partial charge in [-0.05, 0) is 37.3 Å². The van der Waals surface area contributed by atoms with Crippen LogP contribution in [0.3, 0.4) is 0 Å². The number of hydroxylamine groups is 1. The van der Waals surface area contributed by atoms with Crippen LogP contribution in [-0.4, -0.2) is 22.3 Å². The van der Waals surface area contributed by atoms with Gasteiger partial charge in [0.15, 0.2) is 0 Å². The van der Waals surface area contributed by atoms with E-state index < -0.39 is 23.5 Å². The van der Waals surface area contributed by atoms with Crippen molar-refractivity contribution in [1.29, 1.82) is 0 Å². The molecule has 0 spiro atoms. The maximum Gasteiger partial charge on any atom is 0.412 e. The molecule has 0 fully saturated rings. The third-order valence-electron chi connectivity index (χ3n) is 4.25. The number of carbonyl (C=O) groups excluding carboxylic acids is 2. The van der Waals surface area contributed by atoms with Gasteiger partial charge in [-0.1, -0.05) is 53.5 Å². The minimum atomic E-state index is -0.937. The first-order valence-corrected chi connectivity index (χ1v) is 9.57. The highest BCUT2D eigenvalue weighted by atomic mass is 79.9. The summed E-state index contributed by atoms with van der Waals surface area (Å²) in [5, 5.41) is 21.7. The number of benzene rings is 2. The van der Waals surface area contributed by atoms with Gasteiger partial charge in [0.05, 0.1) is 0 Å². The molecule has 154 valence electrons. The molecule has 2 aromatic rings. The van der Waals surface area contributed by atoms with Gasteiger partial charge in [-0.25, -0.2) is 10.3 Å². The van der Waals surface area contributed by atoms with Crippen molar-refractivity contribution in [1.82, 2.24) is 5.48 Å². The normalized spacial score (nSPS) is 12.4. The molecule has 2 amide bonds. The minimum absolute atomic E-state index is 0.0607. The average molecular weight is 463 g/mol. The monoisotopic (exact) mass is 462 g/mol. The summed E-state index contributed by atoms with van der Waals surface area (Å²) < 4.78 is 6.35. The number of hydrogen-bond acceptors (Lipinski definition) is 5. The molecule has 0 saturated heterocycles. The molecule has 0 aromatic heterocycles. The van der Waals surface area contributed by atoms with Crippen LogP contribution in [0.1, 0.15) is 31.1 Å². The van der Waals surface area contributed by atoms with Crippen molar-refractivity contribution in [3.05, 3.63) is 70.2 Å². The molecule has 0 aliphatic heterocycles. The Morgan fingerprint density at radius 3 is 2.45 bits per heavy atom. The number of phenols is 1. The summed E-state index contributed by atoms with van der Waals surface area (Å²) in [6, 6.07) is 12.0. The van der Waals surface area contributed by atoms with Gasteiger partial charge < -0.3 is 9.84 Å². The number of rotatable bonds is 6. The first-order valence-electron chi connectivity index (χ1n) is 8.78. The largest absolute Gasteiger partial charge is 0.508 e. The summed E-state index contributed by atoms with van der Waals surface area (Å²) in [6.07, 6.45) is 0.964. The van der Waals surface area contributed by atoms with Gasteiger partial charge in [-0.2, -0.15) is 0 Å². The third-order valence-corrected chi connectivity index (χ3v) is 4.74. The van der Waals surface area contributed by atoms with Crippen LogP contribution in [0.4, 0.5) is 10.5 Å². The highest BCUT2D eigenvalue weighted by Crippen LogP contribution is 2.42. The van der Waals surface area contributed by atoms with Crippen LogP contribution in [0, 0.1) is 12.3 Å². The molecule has 29 heavy (non-hydrogen) atoms. The van der Waals surface area contributed by atoms with Crippen molar-refractivity contribution >= 4 is 33.6 Å². The lowest BCUT2D eigenvalue weighted by molar-refractivity contribution is -0.124. The second-order valence-electron chi connectivity index (χ2n) is 7.11. The Hall–Kier alpha value is -2.84. The number of halogens is 1. The van der Waals surface area contributed by atoms with Crippen molar-refractivity contribution in [3.8, 4) is 5.75 Å². The van der Waals surface area contributed by atoms with Crippen molar-refractivity contribution in [2.24, 2.45) is 5.41 Å². The fourth-order valence-corrected chi connectivity index (χ4v) is 3.04. The van der Waals surface area contributed by atoms with Gasteiger partial charge in [-0.15, -0.1) is 0 Å². The number of hydrogen-bond donors (Lipinski definition) is 4. The predicted molar refractivity (Wildman–Crippen MR) is 113 cm³/mol. The lowest BCUT2D eigenvalue weighted by Crippen LogP contribution is -2.28. The van der Waals surface area contributed by atoms with Crippen molar-refractivity contribution in [2.45, 2.75) is 26.9 Å². The Morgan fingerprint density at radius 1 is 1.17 bits per heavy atom. The quantitative estimate of drug-likeness (QED) is 0.279. The molecule has 2 aromatic carbocycles. The average Bonchev–Trinajstić information content (AvgIpc) is 2.68. The van der Waals surface area contributed by atoms with Gasteiger partial charge in [-0.3, -0.25) is 15.3 Å². The molecule has 0 aliphatic carbocycles. The number of phenolic OH excluding ortho intramolecular Hbond substituents is 1. The fraction of sp³-hybridized carbons (Fsp3) is 0.238. The molecule has 0 saturated carbocycles. The van der Waals surface area contributed by atoms with Crippen LogP contribution in [0.5, 0.6) is 5.75 Å². The maximum atomic E-state index is 12.5. The van der Waals surface area contributed by atoms with Gasteiger partial charge in [0.2, 0.25) is 0 Å². The van der Waals surface area contributed by atoms with E-state index in [0.29, 0.717) is 15.7 Å².